The van der Waals surface area contributed by atoms with Gasteiger partial charge in [-0.15, -0.1) is 0 Å². The summed E-state index contributed by atoms with van der Waals surface area (Å²) in [5.74, 6) is -0.0673. The van der Waals surface area contributed by atoms with E-state index in [1.54, 1.807) is 19.2 Å². The number of aromatic carboxylic acids is 1. The van der Waals surface area contributed by atoms with Gasteiger partial charge in [0.05, 0.1) is 12.7 Å². The van der Waals surface area contributed by atoms with Crippen LogP contribution in [0.2, 0.25) is 0 Å². The molecule has 0 unspecified atom stereocenters. The molecule has 21 heavy (non-hydrogen) atoms. The first-order valence-electron chi connectivity index (χ1n) is 6.69. The molecule has 0 amide bonds. The fourth-order valence-corrected chi connectivity index (χ4v) is 2.19. The lowest BCUT2D eigenvalue weighted by atomic mass is 10.0. The van der Waals surface area contributed by atoms with Crippen LogP contribution in [-0.4, -0.2) is 25.2 Å². The van der Waals surface area contributed by atoms with Gasteiger partial charge in [0, 0.05) is 19.3 Å². The topological polar surface area (TPSA) is 49.8 Å². The number of methoxy groups -OCH3 is 1. The van der Waals surface area contributed by atoms with Crippen molar-refractivity contribution in [3.63, 3.8) is 0 Å². The Hall–Kier alpha value is -2.49. The molecule has 0 saturated heterocycles. The van der Waals surface area contributed by atoms with Gasteiger partial charge in [0.15, 0.2) is 0 Å². The van der Waals surface area contributed by atoms with E-state index in [-0.39, 0.29) is 0 Å². The normalized spacial score (nSPS) is 10.2. The summed E-state index contributed by atoms with van der Waals surface area (Å²) in [7, 11) is 3.65. The highest BCUT2D eigenvalue weighted by atomic mass is 16.5. The van der Waals surface area contributed by atoms with Crippen molar-refractivity contribution in [1.29, 1.82) is 0 Å². The molecule has 0 aliphatic heterocycles. The number of nitrogens with zero attached hydrogens (tertiary/aromatic N) is 1. The minimum absolute atomic E-state index is 0.323. The number of hydrogen-bond donors (Lipinski definition) is 1. The largest absolute Gasteiger partial charge is 0.497 e. The zero-order valence-electron chi connectivity index (χ0n) is 12.5. The zero-order valence-corrected chi connectivity index (χ0v) is 12.5. The van der Waals surface area contributed by atoms with Crippen molar-refractivity contribution >= 4 is 11.7 Å². The van der Waals surface area contributed by atoms with Gasteiger partial charge in [-0.2, -0.15) is 0 Å². The Kier molecular flexibility index (Phi) is 4.48. The molecule has 2 aromatic carbocycles. The van der Waals surface area contributed by atoms with Crippen LogP contribution in [0.25, 0.3) is 0 Å². The molecule has 0 aromatic heterocycles. The summed E-state index contributed by atoms with van der Waals surface area (Å²) in [4.78, 5) is 13.1. The average molecular weight is 285 g/mol. The molecule has 2 rings (SSSR count). The van der Waals surface area contributed by atoms with Crippen LogP contribution in [0.3, 0.4) is 0 Å². The van der Waals surface area contributed by atoms with Crippen molar-refractivity contribution in [2.45, 2.75) is 13.5 Å². The van der Waals surface area contributed by atoms with Crippen molar-refractivity contribution in [2.24, 2.45) is 0 Å². The number of hydrogen-bond acceptors (Lipinski definition) is 3. The molecule has 0 radical (unpaired) electrons. The van der Waals surface area contributed by atoms with Crippen LogP contribution < -0.4 is 9.64 Å². The second-order valence-corrected chi connectivity index (χ2v) is 5.00. The van der Waals surface area contributed by atoms with E-state index >= 15 is 0 Å². The maximum atomic E-state index is 10.9. The maximum Gasteiger partial charge on any atom is 0.335 e. The summed E-state index contributed by atoms with van der Waals surface area (Å²) in [5, 5.41) is 8.99. The third-order valence-corrected chi connectivity index (χ3v) is 3.51. The van der Waals surface area contributed by atoms with Crippen LogP contribution in [0.4, 0.5) is 5.69 Å². The van der Waals surface area contributed by atoms with Crippen LogP contribution in [0, 0.1) is 6.92 Å². The SMILES string of the molecule is COc1ccc(N(C)Cc2ccc(C(=O)O)cc2C)cc1. The Bertz CT molecular complexity index is 635. The van der Waals surface area contributed by atoms with E-state index in [0.717, 1.165) is 29.1 Å². The van der Waals surface area contributed by atoms with Gasteiger partial charge < -0.3 is 14.7 Å². The fourth-order valence-electron chi connectivity index (χ4n) is 2.19. The molecule has 2 aromatic rings. The third kappa shape index (κ3) is 3.54. The lowest BCUT2D eigenvalue weighted by Gasteiger charge is -2.21. The number of anilines is 1. The fraction of sp³-hybridized carbons (Fsp3) is 0.235. The molecule has 0 spiro atoms. The van der Waals surface area contributed by atoms with E-state index in [1.807, 2.05) is 44.3 Å². The second kappa shape index (κ2) is 6.31. The van der Waals surface area contributed by atoms with Gasteiger partial charge in [0.1, 0.15) is 5.75 Å². The van der Waals surface area contributed by atoms with Crippen molar-refractivity contribution in [2.75, 3.05) is 19.1 Å². The van der Waals surface area contributed by atoms with Crippen LogP contribution in [0.1, 0.15) is 21.5 Å². The van der Waals surface area contributed by atoms with Gasteiger partial charge in [0.2, 0.25) is 0 Å². The first-order valence-corrected chi connectivity index (χ1v) is 6.69. The minimum atomic E-state index is -0.895. The van der Waals surface area contributed by atoms with Crippen LogP contribution in [0.5, 0.6) is 5.75 Å². The number of ether oxygens (including phenoxy) is 1. The number of carboxylic acid groups (broad SMARTS) is 1. The van der Waals surface area contributed by atoms with Crippen molar-refractivity contribution < 1.29 is 14.6 Å². The first kappa shape index (κ1) is 14.9. The van der Waals surface area contributed by atoms with Gasteiger partial charge in [-0.25, -0.2) is 4.79 Å². The number of carboxylic acids is 1. The van der Waals surface area contributed by atoms with E-state index in [2.05, 4.69) is 4.90 Å². The van der Waals surface area contributed by atoms with Crippen LogP contribution in [0.15, 0.2) is 42.5 Å². The van der Waals surface area contributed by atoms with Crippen molar-refractivity contribution in [3.05, 3.63) is 59.2 Å². The Morgan fingerprint density at radius 2 is 1.86 bits per heavy atom. The molecular weight excluding hydrogens is 266 g/mol. The summed E-state index contributed by atoms with van der Waals surface area (Å²) in [6.07, 6.45) is 0. The molecule has 0 atom stereocenters. The highest BCUT2D eigenvalue weighted by molar-refractivity contribution is 5.87. The quantitative estimate of drug-likeness (QED) is 0.915. The van der Waals surface area contributed by atoms with Gasteiger partial charge in [-0.3, -0.25) is 0 Å². The summed E-state index contributed by atoms with van der Waals surface area (Å²) in [5.41, 5.74) is 3.49. The minimum Gasteiger partial charge on any atom is -0.497 e. The van der Waals surface area contributed by atoms with Gasteiger partial charge in [-0.05, 0) is 54.4 Å². The molecule has 0 bridgehead atoms. The van der Waals surface area contributed by atoms with Crippen molar-refractivity contribution in [1.82, 2.24) is 0 Å². The molecular formula is C17H19NO3. The average Bonchev–Trinajstić information content (AvgIpc) is 2.49. The van der Waals surface area contributed by atoms with E-state index in [0.29, 0.717) is 5.56 Å². The summed E-state index contributed by atoms with van der Waals surface area (Å²) >= 11 is 0. The molecule has 0 heterocycles. The van der Waals surface area contributed by atoms with Gasteiger partial charge in [0.25, 0.3) is 0 Å². The Morgan fingerprint density at radius 1 is 1.19 bits per heavy atom. The lowest BCUT2D eigenvalue weighted by Crippen LogP contribution is -2.17. The smallest absolute Gasteiger partial charge is 0.335 e. The van der Waals surface area contributed by atoms with Crippen molar-refractivity contribution in [3.8, 4) is 5.75 Å². The molecule has 110 valence electrons. The molecule has 0 saturated carbocycles. The molecule has 4 nitrogen and oxygen atoms in total. The molecule has 1 N–H and O–H groups in total. The number of rotatable bonds is 5. The lowest BCUT2D eigenvalue weighted by molar-refractivity contribution is 0.0697. The number of aryl methyl sites for hydroxylation is 1. The van der Waals surface area contributed by atoms with Gasteiger partial charge >= 0.3 is 5.97 Å². The Labute approximate surface area is 124 Å². The third-order valence-electron chi connectivity index (χ3n) is 3.51. The van der Waals surface area contributed by atoms with E-state index in [4.69, 9.17) is 9.84 Å². The standard InChI is InChI=1S/C17H19NO3/c1-12-10-13(17(19)20)4-5-14(12)11-18(2)15-6-8-16(21-3)9-7-15/h4-10H,11H2,1-3H3,(H,19,20). The zero-order chi connectivity index (χ0) is 15.4. The molecule has 0 aliphatic carbocycles. The number of carbonyl (C=O) groups is 1. The van der Waals surface area contributed by atoms with E-state index < -0.39 is 5.97 Å². The van der Waals surface area contributed by atoms with E-state index in [9.17, 15) is 4.79 Å². The summed E-state index contributed by atoms with van der Waals surface area (Å²) < 4.78 is 5.15. The summed E-state index contributed by atoms with van der Waals surface area (Å²) in [6.45, 7) is 2.65. The molecule has 0 aliphatic rings. The van der Waals surface area contributed by atoms with Gasteiger partial charge in [-0.1, -0.05) is 6.07 Å². The Morgan fingerprint density at radius 3 is 2.38 bits per heavy atom. The predicted molar refractivity (Wildman–Crippen MR) is 83.2 cm³/mol. The Balaban J connectivity index is 2.14. The summed E-state index contributed by atoms with van der Waals surface area (Å²) in [6, 6.07) is 13.1. The monoisotopic (exact) mass is 285 g/mol. The first-order chi connectivity index (χ1) is 10.0. The maximum absolute atomic E-state index is 10.9. The molecule has 0 fully saturated rings. The number of benzene rings is 2. The van der Waals surface area contributed by atoms with Crippen LogP contribution in [-0.2, 0) is 6.54 Å². The predicted octanol–water partition coefficient (Wildman–Crippen LogP) is 3.34. The molecule has 4 heteroatoms. The second-order valence-electron chi connectivity index (χ2n) is 5.00. The van der Waals surface area contributed by atoms with Crippen LogP contribution >= 0.6 is 0 Å². The highest BCUT2D eigenvalue weighted by Crippen LogP contribution is 2.21. The van der Waals surface area contributed by atoms with E-state index in [1.165, 1.54) is 0 Å². The highest BCUT2D eigenvalue weighted by Gasteiger charge is 2.08.